The molecule has 0 amide bonds. The zero-order chi connectivity index (χ0) is 14.2. The smallest absolute Gasteiger partial charge is 0.331 e. The summed E-state index contributed by atoms with van der Waals surface area (Å²) >= 11 is 1.09. The molecule has 0 aliphatic carbocycles. The number of aromatic nitrogens is 4. The van der Waals surface area contributed by atoms with Crippen molar-refractivity contribution in [3.05, 3.63) is 33.2 Å². The molecular weight excluding hydrogens is 268 g/mol. The van der Waals surface area contributed by atoms with Crippen LogP contribution >= 0.6 is 11.8 Å². The number of anilines is 2. The van der Waals surface area contributed by atoms with E-state index in [0.29, 0.717) is 10.1 Å². The van der Waals surface area contributed by atoms with Gasteiger partial charge in [0.15, 0.2) is 5.82 Å². The molecule has 2 aromatic heterocycles. The molecule has 0 saturated heterocycles. The molecule has 100 valence electrons. The van der Waals surface area contributed by atoms with Crippen LogP contribution in [0.3, 0.4) is 0 Å². The van der Waals surface area contributed by atoms with E-state index in [9.17, 15) is 9.59 Å². The number of nitrogens with zero attached hydrogens (tertiary/aromatic N) is 4. The fourth-order valence-corrected chi connectivity index (χ4v) is 2.27. The highest BCUT2D eigenvalue weighted by Crippen LogP contribution is 2.30. The Labute approximate surface area is 112 Å². The first-order valence-corrected chi connectivity index (χ1v) is 6.04. The average molecular weight is 280 g/mol. The van der Waals surface area contributed by atoms with E-state index in [0.717, 1.165) is 16.3 Å². The van der Waals surface area contributed by atoms with Gasteiger partial charge in [0.2, 0.25) is 0 Å². The van der Waals surface area contributed by atoms with Gasteiger partial charge in [0.05, 0.1) is 5.03 Å². The minimum absolute atomic E-state index is 0.159. The minimum Gasteiger partial charge on any atom is -0.394 e. The van der Waals surface area contributed by atoms with Gasteiger partial charge < -0.3 is 11.5 Å². The molecule has 0 spiro atoms. The van der Waals surface area contributed by atoms with Crippen LogP contribution in [0.25, 0.3) is 0 Å². The molecule has 2 rings (SSSR count). The Hall–Kier alpha value is -2.29. The highest BCUT2D eigenvalue weighted by Gasteiger charge is 2.12. The van der Waals surface area contributed by atoms with E-state index < -0.39 is 11.2 Å². The van der Waals surface area contributed by atoms with Crippen LogP contribution in [-0.4, -0.2) is 19.1 Å². The summed E-state index contributed by atoms with van der Waals surface area (Å²) in [5, 5.41) is 0.827. The Morgan fingerprint density at radius 1 is 1.16 bits per heavy atom. The number of hydrogen-bond acceptors (Lipinski definition) is 7. The van der Waals surface area contributed by atoms with Crippen molar-refractivity contribution < 1.29 is 0 Å². The largest absolute Gasteiger partial charge is 0.394 e. The molecule has 19 heavy (non-hydrogen) atoms. The van der Waals surface area contributed by atoms with E-state index in [1.807, 2.05) is 0 Å². The van der Waals surface area contributed by atoms with E-state index in [2.05, 4.69) is 9.97 Å². The van der Waals surface area contributed by atoms with Gasteiger partial charge in [-0.1, -0.05) is 0 Å². The third kappa shape index (κ3) is 2.32. The van der Waals surface area contributed by atoms with Crippen LogP contribution in [0, 0.1) is 0 Å². The molecule has 0 aliphatic rings. The third-order valence-electron chi connectivity index (χ3n) is 2.56. The summed E-state index contributed by atoms with van der Waals surface area (Å²) in [4.78, 5) is 31.1. The van der Waals surface area contributed by atoms with Gasteiger partial charge in [0.25, 0.3) is 5.56 Å². The summed E-state index contributed by atoms with van der Waals surface area (Å²) in [5.74, 6) is 0.159. The van der Waals surface area contributed by atoms with Crippen LogP contribution in [0.1, 0.15) is 0 Å². The van der Waals surface area contributed by atoms with Gasteiger partial charge in [-0.05, 0) is 11.8 Å². The van der Waals surface area contributed by atoms with Crippen molar-refractivity contribution in [2.24, 2.45) is 14.1 Å². The van der Waals surface area contributed by atoms with E-state index in [1.165, 1.54) is 24.0 Å². The van der Waals surface area contributed by atoms with Crippen LogP contribution < -0.4 is 22.7 Å². The molecule has 0 saturated carbocycles. The maximum atomic E-state index is 11.8. The Balaban J connectivity index is 2.54. The molecule has 2 aromatic rings. The van der Waals surface area contributed by atoms with Crippen molar-refractivity contribution in [3.63, 3.8) is 0 Å². The first-order valence-electron chi connectivity index (χ1n) is 5.22. The molecule has 9 heteroatoms. The molecule has 0 atom stereocenters. The van der Waals surface area contributed by atoms with E-state index >= 15 is 0 Å². The zero-order valence-corrected chi connectivity index (χ0v) is 11.1. The number of hydrogen-bond donors (Lipinski definition) is 2. The standard InChI is InChI=1S/C10H12N6O2S/c1-15-5(17)3-6(16(2)10(15)18)19-9-7(11)8(12)13-4-14-9/h3-4H,11H2,1-2H3,(H2,12,13,14). The lowest BCUT2D eigenvalue weighted by molar-refractivity contribution is 0.635. The van der Waals surface area contributed by atoms with Gasteiger partial charge in [-0.2, -0.15) is 0 Å². The Kier molecular flexibility index (Phi) is 3.30. The second-order valence-corrected chi connectivity index (χ2v) is 4.81. The van der Waals surface area contributed by atoms with Crippen LogP contribution in [0.4, 0.5) is 11.5 Å². The van der Waals surface area contributed by atoms with Crippen LogP contribution in [0.2, 0.25) is 0 Å². The van der Waals surface area contributed by atoms with Crippen LogP contribution in [-0.2, 0) is 14.1 Å². The topological polar surface area (TPSA) is 122 Å². The number of rotatable bonds is 2. The minimum atomic E-state index is -0.421. The van der Waals surface area contributed by atoms with Crippen molar-refractivity contribution in [2.45, 2.75) is 10.1 Å². The quantitative estimate of drug-likeness (QED) is 0.690. The first-order chi connectivity index (χ1) is 8.91. The monoisotopic (exact) mass is 280 g/mol. The predicted molar refractivity (Wildman–Crippen MR) is 71.9 cm³/mol. The summed E-state index contributed by atoms with van der Waals surface area (Å²) in [6.45, 7) is 0. The molecule has 0 radical (unpaired) electrons. The van der Waals surface area contributed by atoms with Crippen molar-refractivity contribution in [3.8, 4) is 0 Å². The molecular formula is C10H12N6O2S. The summed E-state index contributed by atoms with van der Waals surface area (Å²) < 4.78 is 2.35. The summed E-state index contributed by atoms with van der Waals surface area (Å²) in [6, 6.07) is 1.34. The van der Waals surface area contributed by atoms with Crippen molar-refractivity contribution in [2.75, 3.05) is 11.5 Å². The van der Waals surface area contributed by atoms with Crippen molar-refractivity contribution in [1.82, 2.24) is 19.1 Å². The normalized spacial score (nSPS) is 10.6. The average Bonchev–Trinajstić information content (AvgIpc) is 2.38. The highest BCUT2D eigenvalue weighted by molar-refractivity contribution is 7.99. The molecule has 4 N–H and O–H groups in total. The van der Waals surface area contributed by atoms with Gasteiger partial charge in [0.1, 0.15) is 17.0 Å². The van der Waals surface area contributed by atoms with E-state index in [-0.39, 0.29) is 11.5 Å². The van der Waals surface area contributed by atoms with E-state index in [1.54, 1.807) is 7.05 Å². The maximum Gasteiger partial charge on any atom is 0.331 e. The zero-order valence-electron chi connectivity index (χ0n) is 10.3. The Bertz CT molecular complexity index is 751. The molecule has 0 fully saturated rings. The van der Waals surface area contributed by atoms with Crippen molar-refractivity contribution in [1.29, 1.82) is 0 Å². The number of nitrogens with two attached hydrogens (primary N) is 2. The Morgan fingerprint density at radius 3 is 2.53 bits per heavy atom. The SMILES string of the molecule is Cn1c(Sc2ncnc(N)c2N)cc(=O)n(C)c1=O. The third-order valence-corrected chi connectivity index (χ3v) is 3.68. The fourth-order valence-electron chi connectivity index (χ4n) is 1.38. The van der Waals surface area contributed by atoms with Gasteiger partial charge in [0, 0.05) is 20.2 Å². The lowest BCUT2D eigenvalue weighted by Crippen LogP contribution is -2.36. The lowest BCUT2D eigenvalue weighted by Gasteiger charge is -2.09. The fraction of sp³-hybridized carbons (Fsp3) is 0.200. The van der Waals surface area contributed by atoms with Crippen LogP contribution in [0.5, 0.6) is 0 Å². The molecule has 0 unspecified atom stereocenters. The predicted octanol–water partition coefficient (Wildman–Crippen LogP) is -0.810. The second kappa shape index (κ2) is 4.76. The molecule has 8 nitrogen and oxygen atoms in total. The Morgan fingerprint density at radius 2 is 1.84 bits per heavy atom. The highest BCUT2D eigenvalue weighted by atomic mass is 32.2. The van der Waals surface area contributed by atoms with Gasteiger partial charge in [-0.15, -0.1) is 0 Å². The summed E-state index contributed by atoms with van der Waals surface area (Å²) in [5.41, 5.74) is 10.7. The number of nitrogen functional groups attached to an aromatic ring is 2. The van der Waals surface area contributed by atoms with Crippen molar-refractivity contribution >= 4 is 23.3 Å². The van der Waals surface area contributed by atoms with Gasteiger partial charge in [-0.25, -0.2) is 14.8 Å². The maximum absolute atomic E-state index is 11.8. The van der Waals surface area contributed by atoms with Crippen LogP contribution in [0.15, 0.2) is 32.0 Å². The molecule has 0 aromatic carbocycles. The second-order valence-electron chi connectivity index (χ2n) is 3.80. The lowest BCUT2D eigenvalue weighted by atomic mass is 10.5. The van der Waals surface area contributed by atoms with Gasteiger partial charge >= 0.3 is 5.69 Å². The first kappa shape index (κ1) is 13.1. The van der Waals surface area contributed by atoms with E-state index in [4.69, 9.17) is 11.5 Å². The molecule has 0 bridgehead atoms. The molecule has 0 aliphatic heterocycles. The summed E-state index contributed by atoms with van der Waals surface area (Å²) in [6.07, 6.45) is 1.27. The summed E-state index contributed by atoms with van der Waals surface area (Å²) in [7, 11) is 2.97. The van der Waals surface area contributed by atoms with Gasteiger partial charge in [-0.3, -0.25) is 13.9 Å². The molecule has 2 heterocycles.